The molecule has 1 amide bonds. The van der Waals surface area contributed by atoms with E-state index in [1.54, 1.807) is 31.1 Å². The Bertz CT molecular complexity index is 1020. The topological polar surface area (TPSA) is 41.6 Å². The second-order valence-electron chi connectivity index (χ2n) is 6.88. The molecule has 30 heavy (non-hydrogen) atoms. The molecule has 1 N–H and O–H groups in total. The maximum Gasteiger partial charge on any atom is 0.418 e. The quantitative estimate of drug-likeness (QED) is 0.571. The molecule has 0 saturated carbocycles. The molecule has 0 unspecified atom stereocenters. The van der Waals surface area contributed by atoms with E-state index < -0.39 is 17.6 Å². The van der Waals surface area contributed by atoms with Gasteiger partial charge in [0.05, 0.1) is 11.3 Å². The van der Waals surface area contributed by atoms with Crippen molar-refractivity contribution < 1.29 is 22.7 Å². The molecule has 0 bridgehead atoms. The molecule has 156 valence electrons. The normalized spacial score (nSPS) is 11.1. The number of carbonyl (C=O) groups is 1. The van der Waals surface area contributed by atoms with Crippen LogP contribution in [0.3, 0.4) is 0 Å². The van der Waals surface area contributed by atoms with E-state index in [0.717, 1.165) is 11.6 Å². The highest BCUT2D eigenvalue weighted by Crippen LogP contribution is 2.37. The summed E-state index contributed by atoms with van der Waals surface area (Å²) in [5, 5.41) is 2.37. The molecule has 3 rings (SSSR count). The molecule has 3 aromatic carbocycles. The maximum absolute atomic E-state index is 13.5. The average Bonchev–Trinajstić information content (AvgIpc) is 2.72. The molecule has 0 aliphatic rings. The van der Waals surface area contributed by atoms with Gasteiger partial charge in [0.1, 0.15) is 12.4 Å². The highest BCUT2D eigenvalue weighted by Gasteiger charge is 2.34. The van der Waals surface area contributed by atoms with Gasteiger partial charge in [-0.25, -0.2) is 0 Å². The van der Waals surface area contributed by atoms with Gasteiger partial charge in [0, 0.05) is 25.3 Å². The zero-order chi connectivity index (χ0) is 21.7. The minimum atomic E-state index is -4.60. The summed E-state index contributed by atoms with van der Waals surface area (Å²) < 4.78 is 46.1. The van der Waals surface area contributed by atoms with Gasteiger partial charge in [-0.15, -0.1) is 0 Å². The predicted octanol–water partition coefficient (Wildman–Crippen LogP) is 5.60. The first-order chi connectivity index (χ1) is 14.2. The van der Waals surface area contributed by atoms with Crippen molar-refractivity contribution >= 4 is 17.3 Å². The Labute approximate surface area is 172 Å². The highest BCUT2D eigenvalue weighted by molar-refractivity contribution is 6.05. The fraction of sp³-hybridized carbons (Fsp3) is 0.174. The number of hydrogen-bond donors (Lipinski definition) is 1. The third-order valence-electron chi connectivity index (χ3n) is 4.42. The molecular weight excluding hydrogens is 393 g/mol. The van der Waals surface area contributed by atoms with Gasteiger partial charge in [-0.3, -0.25) is 4.79 Å². The van der Waals surface area contributed by atoms with E-state index in [4.69, 9.17) is 4.74 Å². The monoisotopic (exact) mass is 414 g/mol. The summed E-state index contributed by atoms with van der Waals surface area (Å²) in [5.74, 6) is -0.200. The van der Waals surface area contributed by atoms with Crippen molar-refractivity contribution in [2.24, 2.45) is 0 Å². The van der Waals surface area contributed by atoms with Gasteiger partial charge < -0.3 is 15.0 Å². The van der Waals surface area contributed by atoms with E-state index in [0.29, 0.717) is 18.0 Å². The maximum atomic E-state index is 13.5. The van der Waals surface area contributed by atoms with Gasteiger partial charge in [0.2, 0.25) is 0 Å². The molecule has 0 saturated heterocycles. The molecule has 0 radical (unpaired) electrons. The molecule has 0 aliphatic heterocycles. The molecule has 0 fully saturated rings. The first-order valence-electron chi connectivity index (χ1n) is 9.21. The number of carbonyl (C=O) groups excluding carboxylic acids is 1. The minimum Gasteiger partial charge on any atom is -0.489 e. The summed E-state index contributed by atoms with van der Waals surface area (Å²) in [5.41, 5.74) is 0.345. The summed E-state index contributed by atoms with van der Waals surface area (Å²) in [7, 11) is 3.30. The number of alkyl halides is 3. The lowest BCUT2D eigenvalue weighted by Crippen LogP contribution is -2.18. The van der Waals surface area contributed by atoms with Gasteiger partial charge >= 0.3 is 6.18 Å². The number of ether oxygens (including phenoxy) is 1. The number of amides is 1. The third kappa shape index (κ3) is 5.31. The van der Waals surface area contributed by atoms with Gasteiger partial charge in [0.25, 0.3) is 5.91 Å². The Balaban J connectivity index is 1.78. The number of hydrogen-bond acceptors (Lipinski definition) is 3. The van der Waals surface area contributed by atoms with E-state index in [1.807, 2.05) is 30.3 Å². The molecule has 0 aromatic heterocycles. The van der Waals surface area contributed by atoms with Crippen molar-refractivity contribution in [2.75, 3.05) is 24.3 Å². The standard InChI is InChI=1S/C23H21F3N2O2/c1-28(2)18-11-12-21(20(14-18)23(24,25)26)27-22(29)17-9-6-10-19(13-17)30-15-16-7-4-3-5-8-16/h3-14H,15H2,1-2H3,(H,27,29). The summed E-state index contributed by atoms with van der Waals surface area (Å²) in [6.07, 6.45) is -4.60. The van der Waals surface area contributed by atoms with Gasteiger partial charge in [0.15, 0.2) is 0 Å². The first kappa shape index (κ1) is 21.2. The van der Waals surface area contributed by atoms with Crippen LogP contribution in [0.5, 0.6) is 5.75 Å². The molecule has 0 heterocycles. The van der Waals surface area contributed by atoms with Gasteiger partial charge in [-0.2, -0.15) is 13.2 Å². The lowest BCUT2D eigenvalue weighted by Gasteiger charge is -2.19. The minimum absolute atomic E-state index is 0.199. The van der Waals surface area contributed by atoms with Crippen LogP contribution in [-0.2, 0) is 12.8 Å². The Morgan fingerprint density at radius 3 is 2.37 bits per heavy atom. The van der Waals surface area contributed by atoms with Gasteiger partial charge in [-0.05, 0) is 42.0 Å². The number of nitrogens with zero attached hydrogens (tertiary/aromatic N) is 1. The third-order valence-corrected chi connectivity index (χ3v) is 4.42. The van der Waals surface area contributed by atoms with Crippen molar-refractivity contribution in [3.05, 3.63) is 89.5 Å². The van der Waals surface area contributed by atoms with Crippen molar-refractivity contribution in [3.8, 4) is 5.75 Å². The van der Waals surface area contributed by atoms with Crippen LogP contribution < -0.4 is 15.0 Å². The van der Waals surface area contributed by atoms with Crippen LogP contribution >= 0.6 is 0 Å². The highest BCUT2D eigenvalue weighted by atomic mass is 19.4. The average molecular weight is 414 g/mol. The number of nitrogens with one attached hydrogen (secondary N) is 1. The summed E-state index contributed by atoms with van der Waals surface area (Å²) >= 11 is 0. The van der Waals surface area contributed by atoms with E-state index in [9.17, 15) is 18.0 Å². The van der Waals surface area contributed by atoms with Crippen molar-refractivity contribution in [1.82, 2.24) is 0 Å². The number of anilines is 2. The molecule has 3 aromatic rings. The SMILES string of the molecule is CN(C)c1ccc(NC(=O)c2cccc(OCc3ccccc3)c2)c(C(F)(F)F)c1. The second-order valence-corrected chi connectivity index (χ2v) is 6.88. The molecule has 4 nitrogen and oxygen atoms in total. The fourth-order valence-corrected chi connectivity index (χ4v) is 2.82. The van der Waals surface area contributed by atoms with E-state index in [1.165, 1.54) is 24.3 Å². The summed E-state index contributed by atoms with van der Waals surface area (Å²) in [4.78, 5) is 14.2. The predicted molar refractivity (Wildman–Crippen MR) is 111 cm³/mol. The van der Waals surface area contributed by atoms with Crippen LogP contribution in [-0.4, -0.2) is 20.0 Å². The van der Waals surface area contributed by atoms with Crippen molar-refractivity contribution in [2.45, 2.75) is 12.8 Å². The number of benzene rings is 3. The van der Waals surface area contributed by atoms with Crippen LogP contribution in [0.15, 0.2) is 72.8 Å². The van der Waals surface area contributed by atoms with E-state index in [-0.39, 0.29) is 11.3 Å². The van der Waals surface area contributed by atoms with Crippen molar-refractivity contribution in [1.29, 1.82) is 0 Å². The smallest absolute Gasteiger partial charge is 0.418 e. The van der Waals surface area contributed by atoms with Crippen LogP contribution in [0.1, 0.15) is 21.5 Å². The Morgan fingerprint density at radius 2 is 1.70 bits per heavy atom. The number of halogens is 3. The summed E-state index contributed by atoms with van der Waals surface area (Å²) in [6.45, 7) is 0.316. The van der Waals surface area contributed by atoms with Crippen LogP contribution in [0.4, 0.5) is 24.5 Å². The molecular formula is C23H21F3N2O2. The summed E-state index contributed by atoms with van der Waals surface area (Å²) in [6, 6.07) is 19.6. The molecule has 0 spiro atoms. The molecule has 7 heteroatoms. The van der Waals surface area contributed by atoms with E-state index in [2.05, 4.69) is 5.32 Å². The Morgan fingerprint density at radius 1 is 0.967 bits per heavy atom. The van der Waals surface area contributed by atoms with Crippen LogP contribution in [0.2, 0.25) is 0 Å². The Hall–Kier alpha value is -3.48. The largest absolute Gasteiger partial charge is 0.489 e. The lowest BCUT2D eigenvalue weighted by atomic mass is 10.1. The molecule has 0 atom stereocenters. The molecule has 0 aliphatic carbocycles. The van der Waals surface area contributed by atoms with E-state index >= 15 is 0 Å². The van der Waals surface area contributed by atoms with Crippen molar-refractivity contribution in [3.63, 3.8) is 0 Å². The second kappa shape index (κ2) is 8.90. The Kier molecular flexibility index (Phi) is 6.30. The lowest BCUT2D eigenvalue weighted by molar-refractivity contribution is -0.136. The first-order valence-corrected chi connectivity index (χ1v) is 9.21. The van der Waals surface area contributed by atoms with Crippen LogP contribution in [0, 0.1) is 0 Å². The zero-order valence-electron chi connectivity index (χ0n) is 16.5. The fourth-order valence-electron chi connectivity index (χ4n) is 2.82. The number of rotatable bonds is 6. The zero-order valence-corrected chi connectivity index (χ0v) is 16.5. The van der Waals surface area contributed by atoms with Gasteiger partial charge in [-0.1, -0.05) is 36.4 Å². The van der Waals surface area contributed by atoms with Crippen LogP contribution in [0.25, 0.3) is 0 Å².